The van der Waals surface area contributed by atoms with E-state index in [2.05, 4.69) is 16.0 Å². The molecule has 0 radical (unpaired) electrons. The van der Waals surface area contributed by atoms with Gasteiger partial charge in [-0.2, -0.15) is 0 Å². The number of imidazole rings is 1. The highest BCUT2D eigenvalue weighted by Gasteiger charge is 2.21. The Balaban J connectivity index is 0.00000240. The summed E-state index contributed by atoms with van der Waals surface area (Å²) in [7, 11) is 0. The molecule has 2 heterocycles. The molecule has 29 heavy (non-hydrogen) atoms. The van der Waals surface area contributed by atoms with Crippen LogP contribution in [0.2, 0.25) is 0 Å². The molecule has 0 spiro atoms. The number of fused-ring (bicyclic) bond motifs is 1. The van der Waals surface area contributed by atoms with Crippen LogP contribution in [0.4, 0.5) is 9.52 Å². The maximum Gasteiger partial charge on any atom is 0.260 e. The van der Waals surface area contributed by atoms with Crippen LogP contribution in [0.25, 0.3) is 10.2 Å². The molecule has 2 aromatic carbocycles. The van der Waals surface area contributed by atoms with Crippen molar-refractivity contribution in [3.8, 4) is 0 Å². The van der Waals surface area contributed by atoms with Crippen molar-refractivity contribution < 1.29 is 9.18 Å². The zero-order chi connectivity index (χ0) is 19.5. The minimum absolute atomic E-state index is 0. The van der Waals surface area contributed by atoms with Crippen molar-refractivity contribution in [1.29, 1.82) is 0 Å². The second kappa shape index (κ2) is 9.15. The maximum atomic E-state index is 13.3. The number of benzene rings is 2. The van der Waals surface area contributed by atoms with E-state index < -0.39 is 0 Å². The van der Waals surface area contributed by atoms with Gasteiger partial charge in [0.25, 0.3) is 5.91 Å². The molecular weight excluding hydrogens is 411 g/mol. The van der Waals surface area contributed by atoms with Crippen LogP contribution in [0.5, 0.6) is 0 Å². The summed E-state index contributed by atoms with van der Waals surface area (Å²) >= 11 is 1.49. The Morgan fingerprint density at radius 3 is 2.72 bits per heavy atom. The summed E-state index contributed by atoms with van der Waals surface area (Å²) in [5, 5.41) is 0.653. The predicted molar refractivity (Wildman–Crippen MR) is 117 cm³/mol. The molecule has 0 aliphatic heterocycles. The average Bonchev–Trinajstić information content (AvgIpc) is 3.34. The molecule has 5 nitrogen and oxygen atoms in total. The molecule has 4 aromatic rings. The number of nitrogens with zero attached hydrogens (tertiary/aromatic N) is 4. The number of carbonyl (C=O) groups excluding carboxylic acids is 1. The van der Waals surface area contributed by atoms with E-state index in [1.165, 1.54) is 35.6 Å². The summed E-state index contributed by atoms with van der Waals surface area (Å²) in [6.45, 7) is 3.29. The third kappa shape index (κ3) is 4.81. The Kier molecular flexibility index (Phi) is 6.61. The number of anilines is 1. The lowest BCUT2D eigenvalue weighted by atomic mass is 10.2. The van der Waals surface area contributed by atoms with E-state index >= 15 is 0 Å². The largest absolute Gasteiger partial charge is 0.337 e. The fourth-order valence-corrected chi connectivity index (χ4v) is 4.09. The van der Waals surface area contributed by atoms with Crippen molar-refractivity contribution in [2.75, 3.05) is 11.4 Å². The smallest absolute Gasteiger partial charge is 0.260 e. The monoisotopic (exact) mass is 430 g/mol. The van der Waals surface area contributed by atoms with Gasteiger partial charge in [0.2, 0.25) is 0 Å². The summed E-state index contributed by atoms with van der Waals surface area (Å²) in [6.07, 6.45) is 6.13. The van der Waals surface area contributed by atoms with E-state index in [1.54, 1.807) is 17.4 Å². The van der Waals surface area contributed by atoms with Gasteiger partial charge in [-0.25, -0.2) is 14.4 Å². The number of hydrogen-bond donors (Lipinski definition) is 0. The van der Waals surface area contributed by atoms with E-state index in [1.807, 2.05) is 29.8 Å². The first-order valence-electron chi connectivity index (χ1n) is 9.00. The lowest BCUT2D eigenvalue weighted by Gasteiger charge is -2.20. The van der Waals surface area contributed by atoms with Gasteiger partial charge in [0.15, 0.2) is 5.13 Å². The first-order chi connectivity index (χ1) is 13.6. The molecule has 8 heteroatoms. The summed E-state index contributed by atoms with van der Waals surface area (Å²) in [4.78, 5) is 23.5. The van der Waals surface area contributed by atoms with Gasteiger partial charge in [-0.1, -0.05) is 17.4 Å². The van der Waals surface area contributed by atoms with E-state index in [0.29, 0.717) is 17.2 Å². The SMILES string of the molecule is Cc1ccc2nc(N(CCCn3ccnc3)C(=O)c3ccc(F)cc3)sc2c1.Cl. The molecule has 0 N–H and O–H groups in total. The molecular formula is C21H20ClFN4OS. The van der Waals surface area contributed by atoms with E-state index in [0.717, 1.165) is 28.7 Å². The number of hydrogen-bond acceptors (Lipinski definition) is 4. The van der Waals surface area contributed by atoms with Crippen LogP contribution in [0.3, 0.4) is 0 Å². The highest BCUT2D eigenvalue weighted by molar-refractivity contribution is 7.22. The van der Waals surface area contributed by atoms with Crippen molar-refractivity contribution in [2.45, 2.75) is 19.9 Å². The van der Waals surface area contributed by atoms with Crippen molar-refractivity contribution in [3.63, 3.8) is 0 Å². The number of thiazole rings is 1. The van der Waals surface area contributed by atoms with Crippen LogP contribution in [0.15, 0.2) is 61.2 Å². The number of rotatable bonds is 6. The van der Waals surface area contributed by atoms with E-state index in [4.69, 9.17) is 0 Å². The number of amides is 1. The molecule has 0 aliphatic rings. The Hall–Kier alpha value is -2.77. The minimum Gasteiger partial charge on any atom is -0.337 e. The summed E-state index contributed by atoms with van der Waals surface area (Å²) in [6, 6.07) is 11.7. The highest BCUT2D eigenvalue weighted by atomic mass is 35.5. The zero-order valence-corrected chi connectivity index (χ0v) is 17.4. The molecule has 0 atom stereocenters. The number of aryl methyl sites for hydroxylation is 2. The van der Waals surface area contributed by atoms with Gasteiger partial charge in [0.1, 0.15) is 5.82 Å². The lowest BCUT2D eigenvalue weighted by Crippen LogP contribution is -2.32. The molecule has 150 valence electrons. The topological polar surface area (TPSA) is 51.0 Å². The second-order valence-corrected chi connectivity index (χ2v) is 7.59. The first-order valence-corrected chi connectivity index (χ1v) is 9.82. The Bertz CT molecular complexity index is 1100. The molecule has 0 unspecified atom stereocenters. The fourth-order valence-electron chi connectivity index (χ4n) is 3.00. The van der Waals surface area contributed by atoms with Gasteiger partial charge in [-0.3, -0.25) is 9.69 Å². The van der Waals surface area contributed by atoms with Gasteiger partial charge in [-0.15, -0.1) is 12.4 Å². The fraction of sp³-hybridized carbons (Fsp3) is 0.190. The predicted octanol–water partition coefficient (Wildman–Crippen LogP) is 5.10. The number of halogens is 2. The van der Waals surface area contributed by atoms with Crippen LogP contribution in [-0.2, 0) is 6.54 Å². The van der Waals surface area contributed by atoms with Crippen molar-refractivity contribution in [3.05, 3.63) is 78.1 Å². The van der Waals surface area contributed by atoms with Crippen LogP contribution in [0.1, 0.15) is 22.3 Å². The second-order valence-electron chi connectivity index (χ2n) is 6.59. The van der Waals surface area contributed by atoms with E-state index in [9.17, 15) is 9.18 Å². The van der Waals surface area contributed by atoms with Gasteiger partial charge < -0.3 is 4.57 Å². The first kappa shape index (κ1) is 21.0. The highest BCUT2D eigenvalue weighted by Crippen LogP contribution is 2.30. The lowest BCUT2D eigenvalue weighted by molar-refractivity contribution is 0.0986. The van der Waals surface area contributed by atoms with Crippen LogP contribution in [-0.4, -0.2) is 27.0 Å². The Labute approximate surface area is 178 Å². The quantitative estimate of drug-likeness (QED) is 0.427. The van der Waals surface area contributed by atoms with E-state index in [-0.39, 0.29) is 24.1 Å². The Morgan fingerprint density at radius 2 is 2.00 bits per heavy atom. The van der Waals surface area contributed by atoms with Crippen molar-refractivity contribution >= 4 is 45.0 Å². The summed E-state index contributed by atoms with van der Waals surface area (Å²) < 4.78 is 16.3. The van der Waals surface area contributed by atoms with Crippen molar-refractivity contribution in [2.24, 2.45) is 0 Å². The number of carbonyl (C=O) groups is 1. The third-order valence-electron chi connectivity index (χ3n) is 4.46. The summed E-state index contributed by atoms with van der Waals surface area (Å²) in [5.41, 5.74) is 2.47. The molecule has 4 rings (SSSR count). The Morgan fingerprint density at radius 1 is 1.21 bits per heavy atom. The van der Waals surface area contributed by atoms with Crippen LogP contribution in [0, 0.1) is 12.7 Å². The molecule has 1 amide bonds. The molecule has 0 fully saturated rings. The average molecular weight is 431 g/mol. The van der Waals surface area contributed by atoms with Crippen LogP contribution >= 0.6 is 23.7 Å². The normalized spacial score (nSPS) is 10.7. The standard InChI is InChI=1S/C21H19FN4OS.ClH/c1-15-3-8-18-19(13-15)28-21(24-18)26(11-2-10-25-12-9-23-14-25)20(27)16-4-6-17(22)7-5-16;/h3-9,12-14H,2,10-11H2,1H3;1H. The molecule has 0 saturated heterocycles. The van der Waals surface area contributed by atoms with Gasteiger partial charge in [-0.05, 0) is 55.3 Å². The third-order valence-corrected chi connectivity index (χ3v) is 5.50. The molecule has 2 aromatic heterocycles. The van der Waals surface area contributed by atoms with Gasteiger partial charge >= 0.3 is 0 Å². The molecule has 0 bridgehead atoms. The van der Waals surface area contributed by atoms with Crippen molar-refractivity contribution in [1.82, 2.24) is 14.5 Å². The summed E-state index contributed by atoms with van der Waals surface area (Å²) in [5.74, 6) is -0.542. The minimum atomic E-state index is -0.362. The number of aromatic nitrogens is 3. The van der Waals surface area contributed by atoms with Gasteiger partial charge in [0.05, 0.1) is 16.5 Å². The maximum absolute atomic E-state index is 13.3. The van der Waals surface area contributed by atoms with Gasteiger partial charge in [0, 0.05) is 31.0 Å². The van der Waals surface area contributed by atoms with Crippen LogP contribution < -0.4 is 4.90 Å². The zero-order valence-electron chi connectivity index (χ0n) is 15.8. The molecule has 0 aliphatic carbocycles. The molecule has 0 saturated carbocycles.